The van der Waals surface area contributed by atoms with Gasteiger partial charge in [0.15, 0.2) is 0 Å². The molecule has 0 aromatic heterocycles. The number of hydrogen-bond acceptors (Lipinski definition) is 2. The van der Waals surface area contributed by atoms with Crippen LogP contribution in [-0.2, 0) is 9.53 Å². The molecule has 0 rings (SSSR count). The van der Waals surface area contributed by atoms with Gasteiger partial charge in [0.25, 0.3) is 0 Å². The molecule has 0 aromatic rings. The van der Waals surface area contributed by atoms with Gasteiger partial charge < -0.3 is 9.84 Å². The highest BCUT2D eigenvalue weighted by atomic mass is 16.5. The van der Waals surface area contributed by atoms with E-state index in [1.54, 1.807) is 13.8 Å². The first-order chi connectivity index (χ1) is 5.50. The summed E-state index contributed by atoms with van der Waals surface area (Å²) < 4.78 is 5.25. The molecule has 1 N–H and O–H groups in total. The molecule has 0 radical (unpaired) electrons. The summed E-state index contributed by atoms with van der Waals surface area (Å²) in [7, 11) is 0. The fraction of sp³-hybridized carbons (Fsp3) is 0.667. The summed E-state index contributed by atoms with van der Waals surface area (Å²) in [5.41, 5.74) is 1.15. The van der Waals surface area contributed by atoms with Crippen LogP contribution in [0.3, 0.4) is 0 Å². The highest BCUT2D eigenvalue weighted by molar-refractivity contribution is 5.86. The molecular weight excluding hydrogens is 156 g/mol. The molecule has 0 saturated heterocycles. The van der Waals surface area contributed by atoms with Crippen LogP contribution in [0.15, 0.2) is 11.1 Å². The van der Waals surface area contributed by atoms with Crippen LogP contribution in [-0.4, -0.2) is 23.8 Å². The van der Waals surface area contributed by atoms with Crippen molar-refractivity contribution in [3.05, 3.63) is 11.1 Å². The lowest BCUT2D eigenvalue weighted by molar-refractivity contribution is -0.132. The zero-order chi connectivity index (χ0) is 9.72. The molecule has 0 fully saturated rings. The molecule has 1 unspecified atom stereocenters. The minimum Gasteiger partial charge on any atom is -0.478 e. The van der Waals surface area contributed by atoms with Gasteiger partial charge in [-0.2, -0.15) is 0 Å². The van der Waals surface area contributed by atoms with Gasteiger partial charge in [0.1, 0.15) is 0 Å². The third-order valence-corrected chi connectivity index (χ3v) is 1.94. The number of carboxylic acids is 1. The highest BCUT2D eigenvalue weighted by Gasteiger charge is 2.11. The van der Waals surface area contributed by atoms with Gasteiger partial charge in [0, 0.05) is 12.2 Å². The summed E-state index contributed by atoms with van der Waals surface area (Å²) in [5, 5.41) is 8.66. The Labute approximate surface area is 73.0 Å². The normalized spacial score (nSPS) is 15.3. The molecule has 0 aromatic carbocycles. The zero-order valence-electron chi connectivity index (χ0n) is 8.05. The lowest BCUT2D eigenvalue weighted by Crippen LogP contribution is -2.13. The molecular formula is C9H16O3. The second-order valence-corrected chi connectivity index (χ2v) is 2.71. The molecule has 0 bridgehead atoms. The van der Waals surface area contributed by atoms with Crippen LogP contribution in [0.2, 0.25) is 0 Å². The topological polar surface area (TPSA) is 46.5 Å². The lowest BCUT2D eigenvalue weighted by Gasteiger charge is -2.13. The average Bonchev–Trinajstić information content (AvgIpc) is 2.02. The highest BCUT2D eigenvalue weighted by Crippen LogP contribution is 2.11. The van der Waals surface area contributed by atoms with Gasteiger partial charge in [-0.1, -0.05) is 0 Å². The van der Waals surface area contributed by atoms with Crippen molar-refractivity contribution in [2.75, 3.05) is 6.61 Å². The SMILES string of the molecule is CCOC(C)C(C)=C(C)C(=O)O. The quantitative estimate of drug-likeness (QED) is 0.658. The van der Waals surface area contributed by atoms with E-state index in [0.29, 0.717) is 12.2 Å². The fourth-order valence-electron chi connectivity index (χ4n) is 0.849. The van der Waals surface area contributed by atoms with Gasteiger partial charge in [-0.25, -0.2) is 4.79 Å². The molecule has 70 valence electrons. The molecule has 3 heteroatoms. The first-order valence-corrected chi connectivity index (χ1v) is 4.03. The Morgan fingerprint density at radius 3 is 2.33 bits per heavy atom. The Morgan fingerprint density at radius 2 is 2.00 bits per heavy atom. The molecule has 0 aliphatic heterocycles. The maximum Gasteiger partial charge on any atom is 0.331 e. The van der Waals surface area contributed by atoms with Gasteiger partial charge in [0.05, 0.1) is 6.10 Å². The third kappa shape index (κ3) is 3.05. The summed E-state index contributed by atoms with van der Waals surface area (Å²) >= 11 is 0. The van der Waals surface area contributed by atoms with Crippen LogP contribution in [0.4, 0.5) is 0 Å². The smallest absolute Gasteiger partial charge is 0.331 e. The van der Waals surface area contributed by atoms with Crippen LogP contribution >= 0.6 is 0 Å². The Balaban J connectivity index is 4.43. The Kier molecular flexibility index (Phi) is 4.59. The van der Waals surface area contributed by atoms with Gasteiger partial charge in [-0.15, -0.1) is 0 Å². The summed E-state index contributed by atoms with van der Waals surface area (Å²) in [6, 6.07) is 0. The van der Waals surface area contributed by atoms with Crippen LogP contribution in [0, 0.1) is 0 Å². The maximum absolute atomic E-state index is 10.5. The van der Waals surface area contributed by atoms with E-state index in [-0.39, 0.29) is 6.10 Å². The van der Waals surface area contributed by atoms with E-state index in [0.717, 1.165) is 5.57 Å². The number of carboxylic acid groups (broad SMARTS) is 1. The Hall–Kier alpha value is -0.830. The van der Waals surface area contributed by atoms with Crippen LogP contribution in [0.1, 0.15) is 27.7 Å². The summed E-state index contributed by atoms with van der Waals surface area (Å²) in [6.45, 7) is 7.72. The number of aliphatic carboxylic acids is 1. The van der Waals surface area contributed by atoms with Crippen LogP contribution in [0.25, 0.3) is 0 Å². The van der Waals surface area contributed by atoms with Gasteiger partial charge in [0.2, 0.25) is 0 Å². The summed E-state index contributed by atoms with van der Waals surface area (Å²) in [4.78, 5) is 10.5. The second kappa shape index (κ2) is 4.93. The minimum atomic E-state index is -0.876. The number of ether oxygens (including phenoxy) is 1. The average molecular weight is 172 g/mol. The predicted octanol–water partition coefficient (Wildman–Crippen LogP) is 1.83. The first-order valence-electron chi connectivity index (χ1n) is 4.03. The first kappa shape index (κ1) is 11.2. The Morgan fingerprint density at radius 1 is 1.50 bits per heavy atom. The van der Waals surface area contributed by atoms with Crippen molar-refractivity contribution in [3.63, 3.8) is 0 Å². The van der Waals surface area contributed by atoms with E-state index in [9.17, 15) is 4.79 Å². The van der Waals surface area contributed by atoms with Crippen molar-refractivity contribution < 1.29 is 14.6 Å². The van der Waals surface area contributed by atoms with Gasteiger partial charge >= 0.3 is 5.97 Å². The fourth-order valence-corrected chi connectivity index (χ4v) is 0.849. The van der Waals surface area contributed by atoms with E-state index in [1.807, 2.05) is 13.8 Å². The maximum atomic E-state index is 10.5. The lowest BCUT2D eigenvalue weighted by atomic mass is 10.1. The van der Waals surface area contributed by atoms with Crippen molar-refractivity contribution in [2.45, 2.75) is 33.8 Å². The molecule has 12 heavy (non-hydrogen) atoms. The minimum absolute atomic E-state index is 0.105. The van der Waals surface area contributed by atoms with E-state index < -0.39 is 5.97 Å². The number of carbonyl (C=O) groups is 1. The van der Waals surface area contributed by atoms with E-state index in [4.69, 9.17) is 9.84 Å². The molecule has 0 heterocycles. The summed E-state index contributed by atoms with van der Waals surface area (Å²) in [6.07, 6.45) is -0.105. The zero-order valence-corrected chi connectivity index (χ0v) is 8.05. The Bertz CT molecular complexity index is 194. The van der Waals surface area contributed by atoms with E-state index in [2.05, 4.69) is 0 Å². The van der Waals surface area contributed by atoms with Crippen molar-refractivity contribution in [1.82, 2.24) is 0 Å². The van der Waals surface area contributed by atoms with Crippen LogP contribution < -0.4 is 0 Å². The van der Waals surface area contributed by atoms with E-state index >= 15 is 0 Å². The van der Waals surface area contributed by atoms with Crippen LogP contribution in [0.5, 0.6) is 0 Å². The van der Waals surface area contributed by atoms with E-state index in [1.165, 1.54) is 0 Å². The molecule has 1 atom stereocenters. The van der Waals surface area contributed by atoms with Gasteiger partial charge in [-0.05, 0) is 33.3 Å². The van der Waals surface area contributed by atoms with Crippen molar-refractivity contribution in [2.24, 2.45) is 0 Å². The summed E-state index contributed by atoms with van der Waals surface area (Å²) in [5.74, 6) is -0.876. The predicted molar refractivity (Wildman–Crippen MR) is 47.1 cm³/mol. The molecule has 0 aliphatic carbocycles. The molecule has 0 spiro atoms. The number of hydrogen-bond donors (Lipinski definition) is 1. The number of rotatable bonds is 4. The third-order valence-electron chi connectivity index (χ3n) is 1.94. The molecule has 0 amide bonds. The molecule has 0 saturated carbocycles. The van der Waals surface area contributed by atoms with Gasteiger partial charge in [-0.3, -0.25) is 0 Å². The largest absolute Gasteiger partial charge is 0.478 e. The molecule has 0 aliphatic rings. The van der Waals surface area contributed by atoms with Crippen molar-refractivity contribution >= 4 is 5.97 Å². The monoisotopic (exact) mass is 172 g/mol. The standard InChI is InChI=1S/C9H16O3/c1-5-12-8(4)6(2)7(3)9(10)11/h8H,5H2,1-4H3,(H,10,11). The van der Waals surface area contributed by atoms with Crippen molar-refractivity contribution in [3.8, 4) is 0 Å². The van der Waals surface area contributed by atoms with Crippen molar-refractivity contribution in [1.29, 1.82) is 0 Å². The second-order valence-electron chi connectivity index (χ2n) is 2.71. The molecule has 3 nitrogen and oxygen atoms in total.